The van der Waals surface area contributed by atoms with Crippen molar-refractivity contribution < 1.29 is 40.4 Å². The Morgan fingerprint density at radius 1 is 1.37 bits per heavy atom. The van der Waals surface area contributed by atoms with Crippen molar-refractivity contribution in [3.63, 3.8) is 0 Å². The van der Waals surface area contributed by atoms with E-state index in [0.717, 1.165) is 23.1 Å². The standard InChI is InChI=1S/C19H17F4N5O6S/c1-10-25-16(14(8-24)35(31,32)13-4-3-11(33-2)7-12(13)20)17(28(29)30)18(26-10)27-5-6-34-15(9-27)19(21,22)23/h3-4,7,14-15H,5-6,9H2,1-2H3. The van der Waals surface area contributed by atoms with Crippen molar-refractivity contribution in [1.29, 1.82) is 5.26 Å². The Kier molecular flexibility index (Phi) is 7.13. The highest BCUT2D eigenvalue weighted by Crippen LogP contribution is 2.40. The minimum absolute atomic E-state index is 0.0207. The third-order valence-electron chi connectivity index (χ3n) is 5.04. The number of aromatic nitrogens is 2. The first-order valence-electron chi connectivity index (χ1n) is 9.74. The topological polar surface area (TPSA) is 149 Å². The van der Waals surface area contributed by atoms with Gasteiger partial charge < -0.3 is 14.4 Å². The number of anilines is 1. The predicted molar refractivity (Wildman–Crippen MR) is 110 cm³/mol. The van der Waals surface area contributed by atoms with E-state index in [4.69, 9.17) is 4.74 Å². The highest BCUT2D eigenvalue weighted by atomic mass is 32.2. The lowest BCUT2D eigenvalue weighted by Crippen LogP contribution is -2.49. The summed E-state index contributed by atoms with van der Waals surface area (Å²) in [6.07, 6.45) is -7.05. The predicted octanol–water partition coefficient (Wildman–Crippen LogP) is 2.65. The van der Waals surface area contributed by atoms with Crippen molar-refractivity contribution in [2.75, 3.05) is 31.7 Å². The second kappa shape index (κ2) is 9.58. The lowest BCUT2D eigenvalue weighted by atomic mass is 10.2. The monoisotopic (exact) mass is 519 g/mol. The van der Waals surface area contributed by atoms with Gasteiger partial charge in [-0.2, -0.15) is 18.4 Å². The zero-order chi connectivity index (χ0) is 26.1. The minimum Gasteiger partial charge on any atom is -0.497 e. The molecule has 0 aliphatic carbocycles. The Morgan fingerprint density at radius 2 is 2.06 bits per heavy atom. The number of halogens is 4. The second-order valence-corrected chi connectivity index (χ2v) is 9.28. The zero-order valence-electron chi connectivity index (χ0n) is 18.1. The smallest absolute Gasteiger partial charge is 0.416 e. The van der Waals surface area contributed by atoms with Gasteiger partial charge in [-0.25, -0.2) is 22.8 Å². The number of nitrogens with zero attached hydrogens (tertiary/aromatic N) is 5. The van der Waals surface area contributed by atoms with E-state index in [1.54, 1.807) is 0 Å². The van der Waals surface area contributed by atoms with Crippen LogP contribution in [0.3, 0.4) is 0 Å². The molecule has 2 aromatic rings. The molecule has 1 aromatic heterocycles. The van der Waals surface area contributed by atoms with Crippen molar-refractivity contribution in [2.45, 2.75) is 29.3 Å². The molecule has 188 valence electrons. The van der Waals surface area contributed by atoms with Crippen LogP contribution in [-0.4, -0.2) is 62.4 Å². The van der Waals surface area contributed by atoms with E-state index in [1.807, 2.05) is 0 Å². The molecule has 0 bridgehead atoms. The molecule has 16 heteroatoms. The number of hydrogen-bond acceptors (Lipinski definition) is 10. The van der Waals surface area contributed by atoms with Crippen LogP contribution in [-0.2, 0) is 14.6 Å². The number of aryl methyl sites for hydroxylation is 1. The lowest BCUT2D eigenvalue weighted by Gasteiger charge is -2.34. The summed E-state index contributed by atoms with van der Waals surface area (Å²) in [5, 5.41) is 19.3. The number of ether oxygens (including phenoxy) is 2. The van der Waals surface area contributed by atoms with Crippen LogP contribution in [0.2, 0.25) is 0 Å². The van der Waals surface area contributed by atoms with Gasteiger partial charge in [-0.05, 0) is 19.1 Å². The van der Waals surface area contributed by atoms with Gasteiger partial charge in [0.2, 0.25) is 20.9 Å². The maximum Gasteiger partial charge on any atom is 0.416 e. The molecule has 0 spiro atoms. The lowest BCUT2D eigenvalue weighted by molar-refractivity contribution is -0.385. The van der Waals surface area contributed by atoms with Gasteiger partial charge in [0.25, 0.3) is 0 Å². The molecule has 0 radical (unpaired) electrons. The van der Waals surface area contributed by atoms with Crippen molar-refractivity contribution in [2.24, 2.45) is 0 Å². The van der Waals surface area contributed by atoms with Gasteiger partial charge in [0.05, 0.1) is 31.3 Å². The molecule has 0 amide bonds. The van der Waals surface area contributed by atoms with E-state index in [-0.39, 0.29) is 18.1 Å². The van der Waals surface area contributed by atoms with Crippen LogP contribution in [0.5, 0.6) is 5.75 Å². The van der Waals surface area contributed by atoms with Gasteiger partial charge in [0.15, 0.2) is 11.8 Å². The van der Waals surface area contributed by atoms with E-state index < -0.39 is 73.4 Å². The summed E-state index contributed by atoms with van der Waals surface area (Å²) in [7, 11) is -3.71. The number of morpholine rings is 1. The van der Waals surface area contributed by atoms with Crippen molar-refractivity contribution in [1.82, 2.24) is 9.97 Å². The fourth-order valence-corrected chi connectivity index (χ4v) is 4.87. The van der Waals surface area contributed by atoms with E-state index in [1.165, 1.54) is 20.1 Å². The average Bonchev–Trinajstić information content (AvgIpc) is 2.78. The molecule has 1 aliphatic rings. The van der Waals surface area contributed by atoms with Crippen LogP contribution in [0.15, 0.2) is 23.1 Å². The molecule has 0 N–H and O–H groups in total. The second-order valence-electron chi connectivity index (χ2n) is 7.28. The first kappa shape index (κ1) is 26.0. The number of nitriles is 1. The maximum atomic E-state index is 14.5. The van der Waals surface area contributed by atoms with Gasteiger partial charge in [-0.3, -0.25) is 10.1 Å². The molecule has 35 heavy (non-hydrogen) atoms. The van der Waals surface area contributed by atoms with Gasteiger partial charge in [0.1, 0.15) is 22.3 Å². The summed E-state index contributed by atoms with van der Waals surface area (Å²) < 4.78 is 89.9. The Balaban J connectivity index is 2.18. The molecule has 11 nitrogen and oxygen atoms in total. The number of rotatable bonds is 6. The first-order chi connectivity index (χ1) is 16.3. The molecule has 1 aromatic carbocycles. The maximum absolute atomic E-state index is 14.5. The molecule has 2 unspecified atom stereocenters. The van der Waals surface area contributed by atoms with Crippen molar-refractivity contribution in [3.05, 3.63) is 45.6 Å². The first-order valence-corrected chi connectivity index (χ1v) is 11.3. The molecule has 1 saturated heterocycles. The molecular weight excluding hydrogens is 502 g/mol. The highest BCUT2D eigenvalue weighted by molar-refractivity contribution is 7.92. The third-order valence-corrected chi connectivity index (χ3v) is 6.93. The molecule has 2 heterocycles. The number of benzene rings is 1. The van der Waals surface area contributed by atoms with Crippen LogP contribution >= 0.6 is 0 Å². The summed E-state index contributed by atoms with van der Waals surface area (Å²) in [5.74, 6) is -2.16. The fourth-order valence-electron chi connectivity index (χ4n) is 3.43. The summed E-state index contributed by atoms with van der Waals surface area (Å²) in [5.41, 5.74) is -1.98. The molecule has 0 saturated carbocycles. The third kappa shape index (κ3) is 5.10. The number of alkyl halides is 3. The van der Waals surface area contributed by atoms with Crippen LogP contribution in [0.25, 0.3) is 0 Å². The average molecular weight is 519 g/mol. The zero-order valence-corrected chi connectivity index (χ0v) is 18.9. The quantitative estimate of drug-likeness (QED) is 0.317. The van der Waals surface area contributed by atoms with Crippen LogP contribution in [0.4, 0.5) is 29.1 Å². The summed E-state index contributed by atoms with van der Waals surface area (Å²) in [4.78, 5) is 18.5. The molecule has 1 aliphatic heterocycles. The SMILES string of the molecule is COc1ccc(S(=O)(=O)C(C#N)c2nc(C)nc(N3CCOC(C(F)(F)F)C3)c2[N+](=O)[O-])c(F)c1. The fraction of sp³-hybridized carbons (Fsp3) is 0.421. The molecular formula is C19H17F4N5O6S. The highest BCUT2D eigenvalue weighted by Gasteiger charge is 2.46. The Labute approximate surface area is 196 Å². The minimum atomic E-state index is -4.92. The molecule has 1 fully saturated rings. The van der Waals surface area contributed by atoms with E-state index in [9.17, 15) is 41.4 Å². The Morgan fingerprint density at radius 3 is 2.60 bits per heavy atom. The van der Waals surface area contributed by atoms with Crippen molar-refractivity contribution >= 4 is 21.3 Å². The molecule has 2 atom stereocenters. The number of nitro groups is 1. The largest absolute Gasteiger partial charge is 0.497 e. The van der Waals surface area contributed by atoms with Crippen LogP contribution < -0.4 is 9.64 Å². The van der Waals surface area contributed by atoms with Crippen LogP contribution in [0, 0.1) is 34.2 Å². The van der Waals surface area contributed by atoms with Crippen molar-refractivity contribution in [3.8, 4) is 11.8 Å². The normalized spacial score (nSPS) is 17.5. The van der Waals surface area contributed by atoms with Crippen LogP contribution in [0.1, 0.15) is 16.8 Å². The number of hydrogen-bond donors (Lipinski definition) is 0. The van der Waals surface area contributed by atoms with Gasteiger partial charge in [0, 0.05) is 12.6 Å². The van der Waals surface area contributed by atoms with Gasteiger partial charge >= 0.3 is 11.9 Å². The Hall–Kier alpha value is -3.58. The molecule has 3 rings (SSSR count). The van der Waals surface area contributed by atoms with Gasteiger partial charge in [-0.1, -0.05) is 0 Å². The van der Waals surface area contributed by atoms with E-state index >= 15 is 0 Å². The Bertz CT molecular complexity index is 1300. The number of sulfone groups is 1. The summed E-state index contributed by atoms with van der Waals surface area (Å²) in [6.45, 7) is -0.331. The summed E-state index contributed by atoms with van der Waals surface area (Å²) >= 11 is 0. The van der Waals surface area contributed by atoms with E-state index in [2.05, 4.69) is 14.7 Å². The van der Waals surface area contributed by atoms with E-state index in [0.29, 0.717) is 0 Å². The van der Waals surface area contributed by atoms with Gasteiger partial charge in [-0.15, -0.1) is 0 Å². The summed E-state index contributed by atoms with van der Waals surface area (Å²) in [6, 6.07) is 4.08. The number of methoxy groups -OCH3 is 1.